The summed E-state index contributed by atoms with van der Waals surface area (Å²) in [5.41, 5.74) is 0.270. The molecule has 0 atom stereocenters. The summed E-state index contributed by atoms with van der Waals surface area (Å²) >= 11 is 5.88. The molecule has 0 saturated heterocycles. The lowest BCUT2D eigenvalue weighted by Crippen LogP contribution is -2.19. The van der Waals surface area contributed by atoms with Gasteiger partial charge in [-0.25, -0.2) is 0 Å². The second-order valence-electron chi connectivity index (χ2n) is 4.26. The van der Waals surface area contributed by atoms with Gasteiger partial charge in [0.1, 0.15) is 17.4 Å². The molecule has 0 aliphatic rings. The van der Waals surface area contributed by atoms with E-state index in [2.05, 4.69) is 10.6 Å². The number of halogens is 1. The first kappa shape index (κ1) is 18.8. The van der Waals surface area contributed by atoms with E-state index >= 15 is 0 Å². The second kappa shape index (κ2) is 10.5. The van der Waals surface area contributed by atoms with E-state index in [9.17, 15) is 4.79 Å². The summed E-state index contributed by atoms with van der Waals surface area (Å²) < 4.78 is 10.2. The van der Waals surface area contributed by atoms with Crippen molar-refractivity contribution >= 4 is 23.2 Å². The molecule has 0 aliphatic heterocycles. The highest BCUT2D eigenvalue weighted by atomic mass is 35.5. The van der Waals surface area contributed by atoms with E-state index in [1.807, 2.05) is 6.07 Å². The maximum atomic E-state index is 12.1. The van der Waals surface area contributed by atoms with Gasteiger partial charge in [-0.2, -0.15) is 5.26 Å². The Morgan fingerprint density at radius 2 is 2.26 bits per heavy atom. The van der Waals surface area contributed by atoms with Gasteiger partial charge < -0.3 is 25.2 Å². The molecule has 1 rings (SSSR count). The third-order valence-corrected chi connectivity index (χ3v) is 2.88. The van der Waals surface area contributed by atoms with Crippen LogP contribution in [0.4, 0.5) is 5.69 Å². The summed E-state index contributed by atoms with van der Waals surface area (Å²) in [5, 5.41) is 23.4. The van der Waals surface area contributed by atoms with Crippen molar-refractivity contribution in [3.05, 3.63) is 35.0 Å². The Kier molecular flexibility index (Phi) is 8.54. The van der Waals surface area contributed by atoms with Crippen molar-refractivity contribution in [2.45, 2.75) is 0 Å². The van der Waals surface area contributed by atoms with Gasteiger partial charge in [0.15, 0.2) is 0 Å². The monoisotopic (exact) mass is 339 g/mol. The van der Waals surface area contributed by atoms with Gasteiger partial charge in [0.05, 0.1) is 32.6 Å². The normalized spacial score (nSPS) is 10.8. The molecule has 0 saturated carbocycles. The zero-order chi connectivity index (χ0) is 17.1. The number of ether oxygens (including phenoxy) is 2. The first-order valence-electron chi connectivity index (χ1n) is 6.79. The van der Waals surface area contributed by atoms with Crippen LogP contribution >= 0.6 is 11.6 Å². The average molecular weight is 340 g/mol. The van der Waals surface area contributed by atoms with Crippen molar-refractivity contribution in [3.63, 3.8) is 0 Å². The highest BCUT2D eigenvalue weighted by molar-refractivity contribution is 6.31. The molecule has 0 heterocycles. The van der Waals surface area contributed by atoms with Crippen LogP contribution in [0.2, 0.25) is 5.02 Å². The summed E-state index contributed by atoms with van der Waals surface area (Å²) in [6.07, 6.45) is 1.30. The van der Waals surface area contributed by atoms with Crippen LogP contribution in [0, 0.1) is 11.3 Å². The maximum Gasteiger partial charge on any atom is 0.267 e. The number of benzene rings is 1. The van der Waals surface area contributed by atoms with E-state index in [0.717, 1.165) is 0 Å². The fourth-order valence-corrected chi connectivity index (χ4v) is 1.76. The minimum absolute atomic E-state index is 0.0524. The lowest BCUT2D eigenvalue weighted by atomic mass is 10.2. The first-order chi connectivity index (χ1) is 11.1. The predicted octanol–water partition coefficient (Wildman–Crippen LogP) is 1.29. The topological polar surface area (TPSA) is 104 Å². The van der Waals surface area contributed by atoms with Gasteiger partial charge in [-0.15, -0.1) is 0 Å². The molecule has 124 valence electrons. The Morgan fingerprint density at radius 3 is 2.91 bits per heavy atom. The number of amides is 1. The highest BCUT2D eigenvalue weighted by Gasteiger charge is 2.12. The number of aliphatic hydroxyl groups is 1. The van der Waals surface area contributed by atoms with Gasteiger partial charge in [0.2, 0.25) is 0 Å². The van der Waals surface area contributed by atoms with Crippen LogP contribution in [0.15, 0.2) is 30.0 Å². The van der Waals surface area contributed by atoms with Crippen molar-refractivity contribution in [1.82, 2.24) is 5.32 Å². The molecule has 3 N–H and O–H groups in total. The summed E-state index contributed by atoms with van der Waals surface area (Å²) in [4.78, 5) is 12.1. The van der Waals surface area contributed by atoms with Crippen molar-refractivity contribution < 1.29 is 19.4 Å². The van der Waals surface area contributed by atoms with Crippen molar-refractivity contribution in [2.75, 3.05) is 38.8 Å². The van der Waals surface area contributed by atoms with Crippen LogP contribution in [0.1, 0.15) is 0 Å². The van der Waals surface area contributed by atoms with Crippen LogP contribution < -0.4 is 15.4 Å². The summed E-state index contributed by atoms with van der Waals surface area (Å²) in [7, 11) is 1.47. The fraction of sp³-hybridized carbons (Fsp3) is 0.333. The molecule has 0 aliphatic carbocycles. The van der Waals surface area contributed by atoms with Gasteiger partial charge >= 0.3 is 0 Å². The van der Waals surface area contributed by atoms with E-state index in [1.54, 1.807) is 12.1 Å². The average Bonchev–Trinajstić information content (AvgIpc) is 2.54. The van der Waals surface area contributed by atoms with E-state index in [1.165, 1.54) is 19.4 Å². The molecule has 1 aromatic rings. The molecule has 1 aromatic carbocycles. The third-order valence-electron chi connectivity index (χ3n) is 2.65. The van der Waals surface area contributed by atoms with Gasteiger partial charge in [-0.05, 0) is 18.2 Å². The highest BCUT2D eigenvalue weighted by Crippen LogP contribution is 2.27. The summed E-state index contributed by atoms with van der Waals surface area (Å²) in [6.45, 7) is 0.938. The van der Waals surface area contributed by atoms with E-state index in [0.29, 0.717) is 29.6 Å². The zero-order valence-corrected chi connectivity index (χ0v) is 13.4. The molecule has 1 amide bonds. The molecule has 0 unspecified atom stereocenters. The predicted molar refractivity (Wildman–Crippen MR) is 86.2 cm³/mol. The fourth-order valence-electron chi connectivity index (χ4n) is 1.59. The molecular formula is C15H18ClN3O4. The number of anilines is 1. The smallest absolute Gasteiger partial charge is 0.267 e. The van der Waals surface area contributed by atoms with Crippen LogP contribution in [-0.4, -0.2) is 44.5 Å². The van der Waals surface area contributed by atoms with Crippen LogP contribution in [-0.2, 0) is 9.53 Å². The molecule has 23 heavy (non-hydrogen) atoms. The molecule has 0 spiro atoms. The van der Waals surface area contributed by atoms with E-state index < -0.39 is 5.91 Å². The quantitative estimate of drug-likeness (QED) is 0.356. The first-order valence-corrected chi connectivity index (χ1v) is 7.17. The van der Waals surface area contributed by atoms with Crippen molar-refractivity contribution in [3.8, 4) is 11.8 Å². The lowest BCUT2D eigenvalue weighted by Gasteiger charge is -2.10. The van der Waals surface area contributed by atoms with Crippen molar-refractivity contribution in [2.24, 2.45) is 0 Å². The minimum Gasteiger partial charge on any atom is -0.495 e. The molecule has 8 heteroatoms. The summed E-state index contributed by atoms with van der Waals surface area (Å²) in [5.74, 6) is -0.151. The SMILES string of the molecule is COc1ccc(Cl)cc1NC(=O)/C(C#N)=C\NCCOCCO. The third kappa shape index (κ3) is 6.57. The number of rotatable bonds is 9. The van der Waals surface area contributed by atoms with Crippen molar-refractivity contribution in [1.29, 1.82) is 5.26 Å². The number of nitriles is 1. The lowest BCUT2D eigenvalue weighted by molar-refractivity contribution is -0.112. The molecule has 0 fully saturated rings. The van der Waals surface area contributed by atoms with Crippen LogP contribution in [0.25, 0.3) is 0 Å². The Bertz CT molecular complexity index is 599. The number of hydrogen-bond donors (Lipinski definition) is 3. The van der Waals surface area contributed by atoms with Gasteiger partial charge in [0, 0.05) is 17.8 Å². The largest absolute Gasteiger partial charge is 0.495 e. The second-order valence-corrected chi connectivity index (χ2v) is 4.70. The number of hydrogen-bond acceptors (Lipinski definition) is 6. The van der Waals surface area contributed by atoms with Gasteiger partial charge in [0.25, 0.3) is 5.91 Å². The number of carbonyl (C=O) groups is 1. The molecular weight excluding hydrogens is 322 g/mol. The van der Waals surface area contributed by atoms with Crippen LogP contribution in [0.3, 0.4) is 0 Å². The Labute approximate surface area is 139 Å². The number of nitrogens with one attached hydrogen (secondary N) is 2. The molecule has 0 aromatic heterocycles. The standard InChI is InChI=1S/C15H18ClN3O4/c1-22-14-3-2-12(16)8-13(14)19-15(21)11(9-17)10-18-4-6-23-7-5-20/h2-3,8,10,18,20H,4-7H2,1H3,(H,19,21)/b11-10-. The van der Waals surface area contributed by atoms with Gasteiger partial charge in [-0.1, -0.05) is 11.6 Å². The van der Waals surface area contributed by atoms with E-state index in [-0.39, 0.29) is 18.8 Å². The minimum atomic E-state index is -0.586. The number of carbonyl (C=O) groups excluding carboxylic acids is 1. The summed E-state index contributed by atoms with van der Waals surface area (Å²) in [6, 6.07) is 6.58. The number of nitrogens with zero attached hydrogens (tertiary/aromatic N) is 1. The van der Waals surface area contributed by atoms with Crippen LogP contribution in [0.5, 0.6) is 5.75 Å². The maximum absolute atomic E-state index is 12.1. The molecule has 0 radical (unpaired) electrons. The van der Waals surface area contributed by atoms with Gasteiger partial charge in [-0.3, -0.25) is 4.79 Å². The molecule has 0 bridgehead atoms. The zero-order valence-electron chi connectivity index (χ0n) is 12.6. The Morgan fingerprint density at radius 1 is 1.48 bits per heavy atom. The Hall–Kier alpha value is -2.27. The molecule has 7 nitrogen and oxygen atoms in total. The number of methoxy groups -OCH3 is 1. The number of aliphatic hydroxyl groups excluding tert-OH is 1. The Balaban J connectivity index is 2.64. The van der Waals surface area contributed by atoms with E-state index in [4.69, 9.17) is 31.4 Å².